The van der Waals surface area contributed by atoms with Crippen molar-refractivity contribution in [3.05, 3.63) is 0 Å². The van der Waals surface area contributed by atoms with Crippen LogP contribution in [0.1, 0.15) is 66.7 Å². The van der Waals surface area contributed by atoms with Crippen LogP contribution in [0.3, 0.4) is 0 Å². The smallest absolute Gasteiger partial charge is 0.129 e. The molecule has 0 saturated carbocycles. The van der Waals surface area contributed by atoms with Crippen LogP contribution in [-0.4, -0.2) is 5.78 Å². The highest BCUT2D eigenvalue weighted by Crippen LogP contribution is 2.13. The van der Waals surface area contributed by atoms with Gasteiger partial charge in [-0.25, -0.2) is 0 Å². The number of unbranched alkanes of at least 4 members (excludes halogenated alkanes) is 1. The highest BCUT2D eigenvalue weighted by Gasteiger charge is 2.02. The lowest BCUT2D eigenvalue weighted by molar-refractivity contribution is -0.117. The van der Waals surface area contributed by atoms with E-state index >= 15 is 0 Å². The number of hydrogen-bond donors (Lipinski definition) is 0. The van der Waals surface area contributed by atoms with Crippen molar-refractivity contribution in [3.8, 4) is 0 Å². The van der Waals surface area contributed by atoms with Crippen LogP contribution in [-0.2, 0) is 4.79 Å². The standard InChI is InChI=1S/C10H20O.C2H6/c1-4-5-6-9(2)7-8-10(3)11;1-2/h9H,4-8H2,1-3H3;1-2H3. The van der Waals surface area contributed by atoms with E-state index < -0.39 is 0 Å². The number of hydrogen-bond acceptors (Lipinski definition) is 1. The number of carbonyl (C=O) groups is 1. The minimum absolute atomic E-state index is 0.327. The Morgan fingerprint density at radius 2 is 1.77 bits per heavy atom. The van der Waals surface area contributed by atoms with Gasteiger partial charge in [-0.15, -0.1) is 0 Å². The van der Waals surface area contributed by atoms with Crippen LogP contribution in [0.25, 0.3) is 0 Å². The van der Waals surface area contributed by atoms with Crippen LogP contribution in [0.5, 0.6) is 0 Å². The van der Waals surface area contributed by atoms with Gasteiger partial charge in [-0.05, 0) is 19.3 Å². The minimum Gasteiger partial charge on any atom is -0.300 e. The average Bonchev–Trinajstić information content (AvgIpc) is 2.14. The third kappa shape index (κ3) is 14.5. The van der Waals surface area contributed by atoms with Gasteiger partial charge in [-0.2, -0.15) is 0 Å². The van der Waals surface area contributed by atoms with E-state index in [1.165, 1.54) is 19.3 Å². The number of Topliss-reactive ketones (excluding diaryl/α,β-unsaturated/α-hetero) is 1. The van der Waals surface area contributed by atoms with E-state index in [4.69, 9.17) is 0 Å². The molecule has 1 heteroatoms. The van der Waals surface area contributed by atoms with Crippen molar-refractivity contribution in [1.82, 2.24) is 0 Å². The highest BCUT2D eigenvalue weighted by molar-refractivity contribution is 5.75. The molecule has 0 aliphatic carbocycles. The Kier molecular flexibility index (Phi) is 13.6. The zero-order valence-electron chi connectivity index (χ0n) is 10.0. The van der Waals surface area contributed by atoms with Crippen molar-refractivity contribution in [2.75, 3.05) is 0 Å². The second kappa shape index (κ2) is 11.7. The minimum atomic E-state index is 0.327. The fraction of sp³-hybridized carbons (Fsp3) is 0.917. The van der Waals surface area contributed by atoms with E-state index in [-0.39, 0.29) is 0 Å². The Morgan fingerprint density at radius 1 is 1.23 bits per heavy atom. The lowest BCUT2D eigenvalue weighted by atomic mass is 9.98. The quantitative estimate of drug-likeness (QED) is 0.607. The Labute approximate surface area is 83.9 Å². The summed E-state index contributed by atoms with van der Waals surface area (Å²) in [5.74, 6) is 1.06. The molecule has 0 spiro atoms. The predicted octanol–water partition coefficient (Wildman–Crippen LogP) is 4.21. The first-order valence-electron chi connectivity index (χ1n) is 5.66. The molecular formula is C12H26O. The van der Waals surface area contributed by atoms with Crippen LogP contribution in [0, 0.1) is 5.92 Å². The summed E-state index contributed by atoms with van der Waals surface area (Å²) in [4.78, 5) is 10.6. The average molecular weight is 186 g/mol. The highest BCUT2D eigenvalue weighted by atomic mass is 16.1. The van der Waals surface area contributed by atoms with Crippen molar-refractivity contribution in [2.24, 2.45) is 5.92 Å². The van der Waals surface area contributed by atoms with E-state index in [1.807, 2.05) is 13.8 Å². The molecule has 0 aromatic rings. The third-order valence-electron chi connectivity index (χ3n) is 2.04. The topological polar surface area (TPSA) is 17.1 Å². The molecule has 0 N–H and O–H groups in total. The van der Waals surface area contributed by atoms with E-state index in [2.05, 4.69) is 13.8 Å². The van der Waals surface area contributed by atoms with Crippen LogP contribution >= 0.6 is 0 Å². The van der Waals surface area contributed by atoms with Gasteiger partial charge in [0, 0.05) is 6.42 Å². The Bertz CT molecular complexity index is 108. The number of ketones is 1. The predicted molar refractivity (Wildman–Crippen MR) is 60.0 cm³/mol. The van der Waals surface area contributed by atoms with Gasteiger partial charge >= 0.3 is 0 Å². The van der Waals surface area contributed by atoms with Gasteiger partial charge in [-0.3, -0.25) is 0 Å². The molecule has 0 amide bonds. The van der Waals surface area contributed by atoms with Crippen LogP contribution in [0.4, 0.5) is 0 Å². The maximum absolute atomic E-state index is 10.6. The Hall–Kier alpha value is -0.330. The SMILES string of the molecule is CC.CCCCC(C)CCC(C)=O. The monoisotopic (exact) mass is 186 g/mol. The Balaban J connectivity index is 0. The molecule has 0 radical (unpaired) electrons. The summed E-state index contributed by atoms with van der Waals surface area (Å²) in [6.45, 7) is 10.1. The molecule has 1 atom stereocenters. The molecule has 1 nitrogen and oxygen atoms in total. The molecule has 0 fully saturated rings. The van der Waals surface area contributed by atoms with Crippen LogP contribution < -0.4 is 0 Å². The molecule has 13 heavy (non-hydrogen) atoms. The summed E-state index contributed by atoms with van der Waals surface area (Å²) in [5.41, 5.74) is 0. The molecule has 0 rings (SSSR count). The van der Waals surface area contributed by atoms with Gasteiger partial charge in [0.25, 0.3) is 0 Å². The summed E-state index contributed by atoms with van der Waals surface area (Å²) in [5, 5.41) is 0. The van der Waals surface area contributed by atoms with Gasteiger partial charge in [0.2, 0.25) is 0 Å². The summed E-state index contributed by atoms with van der Waals surface area (Å²) < 4.78 is 0. The van der Waals surface area contributed by atoms with Gasteiger partial charge < -0.3 is 4.79 Å². The molecule has 0 aromatic heterocycles. The van der Waals surface area contributed by atoms with Crippen molar-refractivity contribution >= 4 is 5.78 Å². The first kappa shape index (κ1) is 15.2. The lowest BCUT2D eigenvalue weighted by Crippen LogP contribution is -1.98. The van der Waals surface area contributed by atoms with Crippen molar-refractivity contribution in [2.45, 2.75) is 66.7 Å². The van der Waals surface area contributed by atoms with Crippen molar-refractivity contribution in [1.29, 1.82) is 0 Å². The fourth-order valence-electron chi connectivity index (χ4n) is 1.15. The molecular weight excluding hydrogens is 160 g/mol. The van der Waals surface area contributed by atoms with Crippen molar-refractivity contribution < 1.29 is 4.79 Å². The van der Waals surface area contributed by atoms with E-state index in [9.17, 15) is 4.79 Å². The lowest BCUT2D eigenvalue weighted by Gasteiger charge is -2.07. The molecule has 1 unspecified atom stereocenters. The van der Waals surface area contributed by atoms with Gasteiger partial charge in [0.1, 0.15) is 5.78 Å². The normalized spacial score (nSPS) is 11.5. The Morgan fingerprint density at radius 3 is 2.15 bits per heavy atom. The number of carbonyl (C=O) groups excluding carboxylic acids is 1. The number of rotatable bonds is 6. The summed E-state index contributed by atoms with van der Waals surface area (Å²) in [6, 6.07) is 0. The second-order valence-electron chi connectivity index (χ2n) is 3.49. The van der Waals surface area contributed by atoms with Crippen molar-refractivity contribution in [3.63, 3.8) is 0 Å². The fourth-order valence-corrected chi connectivity index (χ4v) is 1.15. The molecule has 0 aliphatic heterocycles. The molecule has 0 aromatic carbocycles. The van der Waals surface area contributed by atoms with Gasteiger partial charge in [-0.1, -0.05) is 47.0 Å². The molecule has 80 valence electrons. The second-order valence-corrected chi connectivity index (χ2v) is 3.49. The largest absolute Gasteiger partial charge is 0.300 e. The summed E-state index contributed by atoms with van der Waals surface area (Å²) in [6.07, 6.45) is 5.70. The third-order valence-corrected chi connectivity index (χ3v) is 2.04. The maximum atomic E-state index is 10.6. The van der Waals surface area contributed by atoms with Crippen LogP contribution in [0.2, 0.25) is 0 Å². The van der Waals surface area contributed by atoms with E-state index in [0.717, 1.165) is 18.8 Å². The summed E-state index contributed by atoms with van der Waals surface area (Å²) >= 11 is 0. The molecule has 0 heterocycles. The molecule has 0 saturated heterocycles. The zero-order valence-corrected chi connectivity index (χ0v) is 10.0. The molecule has 0 aliphatic rings. The maximum Gasteiger partial charge on any atom is 0.129 e. The van der Waals surface area contributed by atoms with Gasteiger partial charge in [0.05, 0.1) is 0 Å². The molecule has 0 bridgehead atoms. The van der Waals surface area contributed by atoms with Crippen LogP contribution in [0.15, 0.2) is 0 Å². The first-order chi connectivity index (χ1) is 6.16. The van der Waals surface area contributed by atoms with Gasteiger partial charge in [0.15, 0.2) is 0 Å². The summed E-state index contributed by atoms with van der Waals surface area (Å²) in [7, 11) is 0. The first-order valence-corrected chi connectivity index (χ1v) is 5.66. The van der Waals surface area contributed by atoms with E-state index in [0.29, 0.717) is 5.78 Å². The van der Waals surface area contributed by atoms with E-state index in [1.54, 1.807) is 6.92 Å². The zero-order chi connectivity index (χ0) is 10.7.